The van der Waals surface area contributed by atoms with Crippen LogP contribution in [0.25, 0.3) is 11.0 Å². The van der Waals surface area contributed by atoms with Gasteiger partial charge < -0.3 is 4.74 Å². The summed E-state index contributed by atoms with van der Waals surface area (Å²) in [5, 5.41) is 9.67. The van der Waals surface area contributed by atoms with Gasteiger partial charge in [-0.3, -0.25) is 0 Å². The molecule has 0 N–H and O–H groups in total. The predicted molar refractivity (Wildman–Crippen MR) is 95.9 cm³/mol. The number of nitriles is 1. The van der Waals surface area contributed by atoms with Crippen molar-refractivity contribution in [3.05, 3.63) is 53.9 Å². The van der Waals surface area contributed by atoms with Gasteiger partial charge in [0.05, 0.1) is 17.1 Å². The van der Waals surface area contributed by atoms with Crippen LogP contribution in [0.1, 0.15) is 44.0 Å². The number of fused-ring (bicyclic) bond motifs is 1. The first-order valence-electron chi connectivity index (χ1n) is 8.52. The summed E-state index contributed by atoms with van der Waals surface area (Å²) in [5.74, 6) is -1.96. The van der Waals surface area contributed by atoms with Crippen LogP contribution in [0, 0.1) is 11.3 Å². The maximum absolute atomic E-state index is 13.0. The molecular weight excluding hydrogens is 387 g/mol. The van der Waals surface area contributed by atoms with Gasteiger partial charge in [-0.2, -0.15) is 18.4 Å². The maximum atomic E-state index is 13.0. The van der Waals surface area contributed by atoms with Gasteiger partial charge in [0, 0.05) is 6.20 Å². The van der Waals surface area contributed by atoms with E-state index in [1.807, 2.05) is 6.07 Å². The Labute approximate surface area is 163 Å². The lowest BCUT2D eigenvalue weighted by Crippen LogP contribution is -2.29. The van der Waals surface area contributed by atoms with Crippen LogP contribution in [0.2, 0.25) is 0 Å². The first-order valence-corrected chi connectivity index (χ1v) is 8.52. The standard InChI is InChI=1S/C19H16F3N5O2/c1-18(2,3)29-17(28)27-13-7-5-4-6-12(13)25-16(27)11(10-23)15-24-9-8-14(26-15)19(20,21)22/h4-9,11H,1-3H3. The number of para-hydroxylation sites is 2. The van der Waals surface area contributed by atoms with Crippen LogP contribution < -0.4 is 0 Å². The third-order valence-electron chi connectivity index (χ3n) is 3.77. The molecule has 150 valence electrons. The number of imidazole rings is 1. The van der Waals surface area contributed by atoms with E-state index in [-0.39, 0.29) is 5.82 Å². The molecule has 0 aliphatic rings. The quantitative estimate of drug-likeness (QED) is 0.634. The van der Waals surface area contributed by atoms with Gasteiger partial charge in [0.15, 0.2) is 11.7 Å². The van der Waals surface area contributed by atoms with Crippen LogP contribution in [0.15, 0.2) is 36.5 Å². The van der Waals surface area contributed by atoms with Gasteiger partial charge in [-0.25, -0.2) is 24.3 Å². The monoisotopic (exact) mass is 403 g/mol. The molecule has 3 aromatic rings. The van der Waals surface area contributed by atoms with Crippen molar-refractivity contribution < 1.29 is 22.7 Å². The highest BCUT2D eigenvalue weighted by Crippen LogP contribution is 2.30. The number of halogens is 3. The van der Waals surface area contributed by atoms with E-state index in [0.29, 0.717) is 17.1 Å². The Bertz CT molecular complexity index is 1110. The fourth-order valence-electron chi connectivity index (χ4n) is 2.64. The highest BCUT2D eigenvalue weighted by atomic mass is 19.4. The Morgan fingerprint density at radius 1 is 1.17 bits per heavy atom. The molecule has 0 saturated carbocycles. The molecule has 0 bridgehead atoms. The third-order valence-corrected chi connectivity index (χ3v) is 3.77. The zero-order valence-electron chi connectivity index (χ0n) is 15.7. The van der Waals surface area contributed by atoms with Crippen molar-refractivity contribution in [2.24, 2.45) is 0 Å². The molecule has 1 aromatic carbocycles. The van der Waals surface area contributed by atoms with Crippen molar-refractivity contribution in [2.75, 3.05) is 0 Å². The van der Waals surface area contributed by atoms with Gasteiger partial charge in [-0.1, -0.05) is 12.1 Å². The molecule has 2 aromatic heterocycles. The van der Waals surface area contributed by atoms with Gasteiger partial charge >= 0.3 is 12.3 Å². The van der Waals surface area contributed by atoms with Crippen LogP contribution in [0.5, 0.6) is 0 Å². The summed E-state index contributed by atoms with van der Waals surface area (Å²) < 4.78 is 45.6. The summed E-state index contributed by atoms with van der Waals surface area (Å²) in [6, 6.07) is 9.10. The Morgan fingerprint density at radius 2 is 1.86 bits per heavy atom. The smallest absolute Gasteiger partial charge is 0.433 e. The number of nitrogens with zero attached hydrogens (tertiary/aromatic N) is 5. The molecule has 0 saturated heterocycles. The molecule has 0 radical (unpaired) electrons. The number of rotatable bonds is 2. The zero-order valence-corrected chi connectivity index (χ0v) is 15.7. The van der Waals surface area contributed by atoms with Crippen LogP contribution in [0.4, 0.5) is 18.0 Å². The number of carbonyl (C=O) groups excluding carboxylic acids is 1. The van der Waals surface area contributed by atoms with E-state index in [1.54, 1.807) is 45.0 Å². The highest BCUT2D eigenvalue weighted by Gasteiger charge is 2.35. The van der Waals surface area contributed by atoms with E-state index >= 15 is 0 Å². The molecule has 0 spiro atoms. The molecule has 2 heterocycles. The topological polar surface area (TPSA) is 93.7 Å². The summed E-state index contributed by atoms with van der Waals surface area (Å²) in [4.78, 5) is 24.4. The molecule has 0 amide bonds. The van der Waals surface area contributed by atoms with E-state index in [9.17, 15) is 23.2 Å². The van der Waals surface area contributed by atoms with Gasteiger partial charge in [0.1, 0.15) is 17.1 Å². The van der Waals surface area contributed by atoms with E-state index in [4.69, 9.17) is 4.74 Å². The lowest BCUT2D eigenvalue weighted by Gasteiger charge is -2.21. The summed E-state index contributed by atoms with van der Waals surface area (Å²) in [7, 11) is 0. The number of hydrogen-bond donors (Lipinski definition) is 0. The molecule has 0 aliphatic heterocycles. The van der Waals surface area contributed by atoms with E-state index in [2.05, 4.69) is 15.0 Å². The molecular formula is C19H16F3N5O2. The van der Waals surface area contributed by atoms with E-state index in [1.165, 1.54) is 0 Å². The molecule has 29 heavy (non-hydrogen) atoms. The molecule has 7 nitrogen and oxygen atoms in total. The van der Waals surface area contributed by atoms with Gasteiger partial charge in [-0.05, 0) is 39.0 Å². The minimum absolute atomic E-state index is 0.123. The van der Waals surface area contributed by atoms with Gasteiger partial charge in [-0.15, -0.1) is 0 Å². The first-order chi connectivity index (χ1) is 13.5. The third kappa shape index (κ3) is 4.18. The van der Waals surface area contributed by atoms with Crippen LogP contribution in [-0.4, -0.2) is 31.2 Å². The lowest BCUT2D eigenvalue weighted by atomic mass is 10.1. The van der Waals surface area contributed by atoms with Gasteiger partial charge in [0.25, 0.3) is 0 Å². The molecule has 1 atom stereocenters. The molecule has 0 aliphatic carbocycles. The van der Waals surface area contributed by atoms with E-state index < -0.39 is 35.3 Å². The maximum Gasteiger partial charge on any atom is 0.433 e. The molecule has 0 fully saturated rings. The van der Waals surface area contributed by atoms with Crippen molar-refractivity contribution in [1.82, 2.24) is 19.5 Å². The number of alkyl halides is 3. The predicted octanol–water partition coefficient (Wildman–Crippen LogP) is 4.28. The zero-order chi connectivity index (χ0) is 21.4. The second-order valence-electron chi connectivity index (χ2n) is 7.13. The molecule has 10 heteroatoms. The second kappa shape index (κ2) is 7.16. The van der Waals surface area contributed by atoms with E-state index in [0.717, 1.165) is 10.8 Å². The molecule has 1 unspecified atom stereocenters. The first kappa shape index (κ1) is 20.3. The number of benzene rings is 1. The summed E-state index contributed by atoms with van der Waals surface area (Å²) >= 11 is 0. The van der Waals surface area contributed by atoms with Crippen molar-refractivity contribution >= 4 is 17.1 Å². The fraction of sp³-hybridized carbons (Fsp3) is 0.316. The normalized spacial score (nSPS) is 13.1. The summed E-state index contributed by atoms with van der Waals surface area (Å²) in [5.41, 5.74) is -1.30. The van der Waals surface area contributed by atoms with Crippen molar-refractivity contribution in [3.63, 3.8) is 0 Å². The second-order valence-corrected chi connectivity index (χ2v) is 7.13. The number of hydrogen-bond acceptors (Lipinski definition) is 6. The Morgan fingerprint density at radius 3 is 2.48 bits per heavy atom. The largest absolute Gasteiger partial charge is 0.443 e. The Balaban J connectivity index is 2.19. The van der Waals surface area contributed by atoms with Crippen LogP contribution in [-0.2, 0) is 10.9 Å². The Kier molecular flexibility index (Phi) is 5.00. The van der Waals surface area contributed by atoms with Crippen LogP contribution in [0.3, 0.4) is 0 Å². The van der Waals surface area contributed by atoms with Crippen molar-refractivity contribution in [3.8, 4) is 6.07 Å². The average Bonchev–Trinajstić information content (AvgIpc) is 2.99. The Hall–Kier alpha value is -3.48. The van der Waals surface area contributed by atoms with Crippen molar-refractivity contribution in [2.45, 2.75) is 38.5 Å². The summed E-state index contributed by atoms with van der Waals surface area (Å²) in [6.45, 7) is 5.00. The highest BCUT2D eigenvalue weighted by molar-refractivity contribution is 5.88. The van der Waals surface area contributed by atoms with Crippen molar-refractivity contribution in [1.29, 1.82) is 5.26 Å². The van der Waals surface area contributed by atoms with Gasteiger partial charge in [0.2, 0.25) is 0 Å². The van der Waals surface area contributed by atoms with Crippen LogP contribution >= 0.6 is 0 Å². The fourth-order valence-corrected chi connectivity index (χ4v) is 2.64. The number of carbonyl (C=O) groups is 1. The number of aromatic nitrogens is 4. The average molecular weight is 403 g/mol. The SMILES string of the molecule is CC(C)(C)OC(=O)n1c(C(C#N)c2nccc(C(F)(F)F)n2)nc2ccccc21. The minimum Gasteiger partial charge on any atom is -0.443 e. The minimum atomic E-state index is -4.71. The lowest BCUT2D eigenvalue weighted by molar-refractivity contribution is -0.141. The summed E-state index contributed by atoms with van der Waals surface area (Å²) in [6.07, 6.45) is -4.60. The number of ether oxygens (including phenoxy) is 1. The molecule has 3 rings (SSSR count).